The smallest absolute Gasteiger partial charge is 0.123 e. The zero-order valence-corrected chi connectivity index (χ0v) is 11.7. The van der Waals surface area contributed by atoms with Crippen molar-refractivity contribution < 1.29 is 9.13 Å². The van der Waals surface area contributed by atoms with Crippen molar-refractivity contribution in [1.29, 1.82) is 0 Å². The zero-order chi connectivity index (χ0) is 13.5. The van der Waals surface area contributed by atoms with Crippen molar-refractivity contribution in [2.75, 3.05) is 13.2 Å². The van der Waals surface area contributed by atoms with Gasteiger partial charge in [-0.15, -0.1) is 0 Å². The third kappa shape index (κ3) is 4.07. The van der Waals surface area contributed by atoms with E-state index >= 15 is 0 Å². The SMILES string of the molecule is CCNC(c1cccc(F)c1)C(OCC)C(C)C. The maximum atomic E-state index is 13.3. The first-order chi connectivity index (χ1) is 8.60. The first-order valence-corrected chi connectivity index (χ1v) is 6.70. The van der Waals surface area contributed by atoms with E-state index in [0.29, 0.717) is 12.5 Å². The van der Waals surface area contributed by atoms with Gasteiger partial charge in [0.15, 0.2) is 0 Å². The second kappa shape index (κ2) is 7.49. The van der Waals surface area contributed by atoms with Crippen molar-refractivity contribution in [3.05, 3.63) is 35.6 Å². The normalized spacial score (nSPS) is 14.8. The number of hydrogen-bond acceptors (Lipinski definition) is 2. The van der Waals surface area contributed by atoms with E-state index in [1.165, 1.54) is 6.07 Å². The molecular formula is C15H24FNO. The lowest BCUT2D eigenvalue weighted by atomic mass is 9.93. The number of hydrogen-bond donors (Lipinski definition) is 1. The van der Waals surface area contributed by atoms with E-state index in [-0.39, 0.29) is 18.0 Å². The summed E-state index contributed by atoms with van der Waals surface area (Å²) in [5.74, 6) is 0.173. The predicted octanol–water partition coefficient (Wildman–Crippen LogP) is 3.54. The summed E-state index contributed by atoms with van der Waals surface area (Å²) in [7, 11) is 0. The standard InChI is InChI=1S/C15H24FNO/c1-5-17-14(15(11(3)4)18-6-2)12-8-7-9-13(16)10-12/h7-11,14-15,17H,5-6H2,1-4H3. The molecule has 2 unspecified atom stereocenters. The van der Waals surface area contributed by atoms with Crippen LogP contribution in [0.2, 0.25) is 0 Å². The molecule has 0 spiro atoms. The van der Waals surface area contributed by atoms with Crippen LogP contribution in [0.4, 0.5) is 4.39 Å². The number of nitrogens with one attached hydrogen (secondary N) is 1. The quantitative estimate of drug-likeness (QED) is 0.802. The molecule has 0 heterocycles. The highest BCUT2D eigenvalue weighted by Crippen LogP contribution is 2.25. The van der Waals surface area contributed by atoms with Gasteiger partial charge in [0.1, 0.15) is 5.82 Å². The lowest BCUT2D eigenvalue weighted by molar-refractivity contribution is 0.00312. The van der Waals surface area contributed by atoms with Crippen molar-refractivity contribution in [2.45, 2.75) is 39.8 Å². The van der Waals surface area contributed by atoms with E-state index in [2.05, 4.69) is 26.1 Å². The number of ether oxygens (including phenoxy) is 1. The zero-order valence-electron chi connectivity index (χ0n) is 11.7. The molecule has 1 aromatic rings. The molecule has 1 rings (SSSR count). The highest BCUT2D eigenvalue weighted by molar-refractivity contribution is 5.21. The number of rotatable bonds is 7. The molecule has 2 atom stereocenters. The minimum atomic E-state index is -0.200. The van der Waals surface area contributed by atoms with E-state index in [4.69, 9.17) is 4.74 Å². The Kier molecular flexibility index (Phi) is 6.30. The molecule has 0 aromatic heterocycles. The van der Waals surface area contributed by atoms with Crippen molar-refractivity contribution >= 4 is 0 Å². The second-order valence-electron chi connectivity index (χ2n) is 4.75. The molecule has 0 aliphatic heterocycles. The van der Waals surface area contributed by atoms with Crippen molar-refractivity contribution in [3.63, 3.8) is 0 Å². The van der Waals surface area contributed by atoms with Crippen LogP contribution in [-0.4, -0.2) is 19.3 Å². The van der Waals surface area contributed by atoms with Gasteiger partial charge in [-0.3, -0.25) is 0 Å². The van der Waals surface area contributed by atoms with Crippen LogP contribution < -0.4 is 5.32 Å². The lowest BCUT2D eigenvalue weighted by Crippen LogP contribution is -2.37. The van der Waals surface area contributed by atoms with Crippen LogP contribution in [0, 0.1) is 11.7 Å². The number of halogens is 1. The Morgan fingerprint density at radius 2 is 2.00 bits per heavy atom. The molecule has 1 N–H and O–H groups in total. The van der Waals surface area contributed by atoms with Gasteiger partial charge < -0.3 is 10.1 Å². The summed E-state index contributed by atoms with van der Waals surface area (Å²) >= 11 is 0. The molecule has 1 aromatic carbocycles. The van der Waals surface area contributed by atoms with E-state index in [9.17, 15) is 4.39 Å². The van der Waals surface area contributed by atoms with Crippen molar-refractivity contribution in [3.8, 4) is 0 Å². The average molecular weight is 253 g/mol. The first-order valence-electron chi connectivity index (χ1n) is 6.70. The Bertz CT molecular complexity index is 354. The largest absolute Gasteiger partial charge is 0.376 e. The molecule has 2 nitrogen and oxygen atoms in total. The molecule has 3 heteroatoms. The molecule has 0 aliphatic carbocycles. The topological polar surface area (TPSA) is 21.3 Å². The summed E-state index contributed by atoms with van der Waals surface area (Å²) in [5.41, 5.74) is 0.948. The van der Waals surface area contributed by atoms with Gasteiger partial charge in [0.2, 0.25) is 0 Å². The van der Waals surface area contributed by atoms with Gasteiger partial charge in [0.05, 0.1) is 12.1 Å². The molecular weight excluding hydrogens is 229 g/mol. The number of likely N-dealkylation sites (N-methyl/N-ethyl adjacent to an activating group) is 1. The summed E-state index contributed by atoms with van der Waals surface area (Å²) in [4.78, 5) is 0. The van der Waals surface area contributed by atoms with Crippen LogP contribution >= 0.6 is 0 Å². The monoisotopic (exact) mass is 253 g/mol. The van der Waals surface area contributed by atoms with Crippen LogP contribution in [0.1, 0.15) is 39.3 Å². The van der Waals surface area contributed by atoms with Gasteiger partial charge in [-0.25, -0.2) is 4.39 Å². The molecule has 0 bridgehead atoms. The van der Waals surface area contributed by atoms with Crippen molar-refractivity contribution in [1.82, 2.24) is 5.32 Å². The Labute approximate surface area is 110 Å². The fourth-order valence-electron chi connectivity index (χ4n) is 2.21. The maximum Gasteiger partial charge on any atom is 0.123 e. The average Bonchev–Trinajstić information content (AvgIpc) is 2.33. The molecule has 0 radical (unpaired) electrons. The van der Waals surface area contributed by atoms with Crippen LogP contribution in [0.3, 0.4) is 0 Å². The van der Waals surface area contributed by atoms with Gasteiger partial charge in [0.25, 0.3) is 0 Å². The van der Waals surface area contributed by atoms with Gasteiger partial charge in [0, 0.05) is 6.61 Å². The molecule has 0 saturated carbocycles. The molecule has 0 saturated heterocycles. The van der Waals surface area contributed by atoms with Crippen LogP contribution in [0.5, 0.6) is 0 Å². The Morgan fingerprint density at radius 1 is 1.28 bits per heavy atom. The summed E-state index contributed by atoms with van der Waals surface area (Å²) in [6.45, 7) is 9.80. The van der Waals surface area contributed by atoms with Gasteiger partial charge >= 0.3 is 0 Å². The van der Waals surface area contributed by atoms with E-state index in [1.54, 1.807) is 12.1 Å². The molecule has 0 fully saturated rings. The summed E-state index contributed by atoms with van der Waals surface area (Å²) in [5, 5.41) is 3.40. The highest BCUT2D eigenvalue weighted by atomic mass is 19.1. The summed E-state index contributed by atoms with van der Waals surface area (Å²) in [6, 6.07) is 6.79. The second-order valence-corrected chi connectivity index (χ2v) is 4.75. The minimum Gasteiger partial charge on any atom is -0.376 e. The third-order valence-electron chi connectivity index (χ3n) is 2.98. The fraction of sp³-hybridized carbons (Fsp3) is 0.600. The minimum absolute atomic E-state index is 0.0330. The van der Waals surface area contributed by atoms with E-state index in [1.807, 2.05) is 13.0 Å². The Morgan fingerprint density at radius 3 is 2.50 bits per heavy atom. The maximum absolute atomic E-state index is 13.3. The third-order valence-corrected chi connectivity index (χ3v) is 2.98. The first kappa shape index (κ1) is 15.1. The number of benzene rings is 1. The molecule has 0 amide bonds. The fourth-order valence-corrected chi connectivity index (χ4v) is 2.21. The van der Waals surface area contributed by atoms with Crippen molar-refractivity contribution in [2.24, 2.45) is 5.92 Å². The lowest BCUT2D eigenvalue weighted by Gasteiger charge is -2.31. The van der Waals surface area contributed by atoms with Crippen LogP contribution in [0.25, 0.3) is 0 Å². The molecule has 102 valence electrons. The highest BCUT2D eigenvalue weighted by Gasteiger charge is 2.26. The Balaban J connectivity index is 2.99. The van der Waals surface area contributed by atoms with Gasteiger partial charge in [-0.05, 0) is 37.1 Å². The Hall–Kier alpha value is -0.930. The van der Waals surface area contributed by atoms with Gasteiger partial charge in [-0.1, -0.05) is 32.9 Å². The van der Waals surface area contributed by atoms with E-state index < -0.39 is 0 Å². The van der Waals surface area contributed by atoms with Crippen LogP contribution in [-0.2, 0) is 4.74 Å². The van der Waals surface area contributed by atoms with Gasteiger partial charge in [-0.2, -0.15) is 0 Å². The predicted molar refractivity (Wildman–Crippen MR) is 73.1 cm³/mol. The molecule has 18 heavy (non-hydrogen) atoms. The molecule has 0 aliphatic rings. The van der Waals surface area contributed by atoms with E-state index in [0.717, 1.165) is 12.1 Å². The van der Waals surface area contributed by atoms with Crippen LogP contribution in [0.15, 0.2) is 24.3 Å². The summed E-state index contributed by atoms with van der Waals surface area (Å²) < 4.78 is 19.2. The summed E-state index contributed by atoms with van der Waals surface area (Å²) in [6.07, 6.45) is 0.0525.